The van der Waals surface area contributed by atoms with E-state index in [2.05, 4.69) is 19.9 Å². The number of hydrogen-bond acceptors (Lipinski definition) is 1. The van der Waals surface area contributed by atoms with Crippen LogP contribution in [0, 0.1) is 6.92 Å². The smallest absolute Gasteiger partial charge is 0.261 e. The molecule has 1 unspecified atom stereocenters. The molecule has 0 aliphatic carbocycles. The first-order chi connectivity index (χ1) is 6.91. The average Bonchev–Trinajstić information content (AvgIpc) is 2.15. The normalized spacial score (nSPS) is 12.9. The zero-order chi connectivity index (χ0) is 11.6. The van der Waals surface area contributed by atoms with Crippen molar-refractivity contribution in [1.82, 2.24) is 0 Å². The van der Waals surface area contributed by atoms with Gasteiger partial charge in [-0.3, -0.25) is 8.86 Å². The molecule has 0 radical (unpaired) electrons. The molecule has 4 heteroatoms. The molecular weight excluding hydrogens is 210 g/mol. The highest BCUT2D eigenvalue weighted by Crippen LogP contribution is 2.23. The second-order valence-corrected chi connectivity index (χ2v) is 4.99. The summed E-state index contributed by atoms with van der Waals surface area (Å²) in [5, 5.41) is 0. The van der Waals surface area contributed by atoms with Crippen LogP contribution >= 0.6 is 0 Å². The number of rotatable bonds is 3. The third-order valence-electron chi connectivity index (χ3n) is 2.35. The number of nitrogens with zero attached hydrogens (tertiary/aromatic N) is 1. The van der Waals surface area contributed by atoms with Crippen LogP contribution in [0.3, 0.4) is 0 Å². The van der Waals surface area contributed by atoms with Crippen LogP contribution in [-0.2, 0) is 11.3 Å². The highest BCUT2D eigenvalue weighted by atomic mass is 32.2. The quantitative estimate of drug-likeness (QED) is 0.806. The first-order valence-corrected chi connectivity index (χ1v) is 5.94. The average molecular weight is 227 g/mol. The Morgan fingerprint density at radius 3 is 2.40 bits per heavy atom. The lowest BCUT2D eigenvalue weighted by Gasteiger charge is -2.17. The third kappa shape index (κ3) is 3.04. The van der Waals surface area contributed by atoms with E-state index in [1.54, 1.807) is 7.05 Å². The van der Waals surface area contributed by atoms with E-state index in [9.17, 15) is 4.21 Å². The van der Waals surface area contributed by atoms with Gasteiger partial charge in [-0.05, 0) is 36.1 Å². The molecule has 0 aromatic heterocycles. The predicted octanol–water partition coefficient (Wildman–Crippen LogP) is 2.69. The molecule has 0 heterocycles. The molecule has 1 aromatic carbocycles. The van der Waals surface area contributed by atoms with Gasteiger partial charge < -0.3 is 0 Å². The van der Waals surface area contributed by atoms with Crippen molar-refractivity contribution in [2.24, 2.45) is 0 Å². The number of hydrogen-bond donors (Lipinski definition) is 1. The number of aryl methyl sites for hydroxylation is 1. The molecule has 0 saturated heterocycles. The van der Waals surface area contributed by atoms with Crippen molar-refractivity contribution in [3.8, 4) is 0 Å². The molecule has 0 aliphatic rings. The van der Waals surface area contributed by atoms with Gasteiger partial charge in [0.05, 0.1) is 5.69 Å². The maximum absolute atomic E-state index is 10.9. The molecule has 1 N–H and O–H groups in total. The van der Waals surface area contributed by atoms with E-state index in [1.165, 1.54) is 9.87 Å². The Bertz CT molecular complexity index is 377. The topological polar surface area (TPSA) is 40.5 Å². The van der Waals surface area contributed by atoms with Crippen LogP contribution in [0.25, 0.3) is 0 Å². The summed E-state index contributed by atoms with van der Waals surface area (Å²) in [6.07, 6.45) is 0. The zero-order valence-corrected chi connectivity index (χ0v) is 10.3. The van der Waals surface area contributed by atoms with Crippen molar-refractivity contribution in [2.45, 2.75) is 26.7 Å². The van der Waals surface area contributed by atoms with E-state index in [1.807, 2.05) is 19.1 Å². The molecule has 0 spiro atoms. The second kappa shape index (κ2) is 4.77. The van der Waals surface area contributed by atoms with Crippen molar-refractivity contribution in [3.63, 3.8) is 0 Å². The SMILES string of the molecule is Cc1cc(C(C)C)cc(N(C)S(=O)O)c1. The molecule has 0 amide bonds. The highest BCUT2D eigenvalue weighted by Gasteiger charge is 2.09. The Labute approximate surface area is 93.5 Å². The minimum absolute atomic E-state index is 0.421. The van der Waals surface area contributed by atoms with E-state index in [4.69, 9.17) is 4.55 Å². The molecule has 0 bridgehead atoms. The Balaban J connectivity index is 3.14. The third-order valence-corrected chi connectivity index (χ3v) is 3.03. The fourth-order valence-electron chi connectivity index (χ4n) is 1.40. The summed E-state index contributed by atoms with van der Waals surface area (Å²) in [5.41, 5.74) is 3.07. The van der Waals surface area contributed by atoms with Gasteiger partial charge in [0.25, 0.3) is 11.3 Å². The van der Waals surface area contributed by atoms with Crippen LogP contribution in [0.4, 0.5) is 5.69 Å². The number of benzene rings is 1. The summed E-state index contributed by atoms with van der Waals surface area (Å²) < 4.78 is 21.3. The fourth-order valence-corrected chi connectivity index (χ4v) is 1.68. The Morgan fingerprint density at radius 2 is 1.93 bits per heavy atom. The van der Waals surface area contributed by atoms with E-state index in [0.717, 1.165) is 11.3 Å². The lowest BCUT2D eigenvalue weighted by molar-refractivity contribution is 0.562. The summed E-state index contributed by atoms with van der Waals surface area (Å²) in [5.74, 6) is 0.421. The molecule has 1 rings (SSSR count). The van der Waals surface area contributed by atoms with E-state index in [-0.39, 0.29) is 0 Å². The maximum atomic E-state index is 10.9. The van der Waals surface area contributed by atoms with E-state index in [0.29, 0.717) is 5.92 Å². The van der Waals surface area contributed by atoms with Gasteiger partial charge in [0.2, 0.25) is 0 Å². The molecule has 1 aromatic rings. The largest absolute Gasteiger partial charge is 0.289 e. The van der Waals surface area contributed by atoms with Crippen LogP contribution in [0.5, 0.6) is 0 Å². The minimum atomic E-state index is -1.96. The molecule has 3 nitrogen and oxygen atoms in total. The molecular formula is C11H17NO2S. The first-order valence-electron chi connectivity index (χ1n) is 4.88. The maximum Gasteiger partial charge on any atom is 0.261 e. The van der Waals surface area contributed by atoms with Gasteiger partial charge >= 0.3 is 0 Å². The van der Waals surface area contributed by atoms with Gasteiger partial charge in [-0.15, -0.1) is 0 Å². The summed E-state index contributed by atoms with van der Waals surface area (Å²) in [4.78, 5) is 0. The molecule has 15 heavy (non-hydrogen) atoms. The van der Waals surface area contributed by atoms with Gasteiger partial charge in [-0.2, -0.15) is 0 Å². The lowest BCUT2D eigenvalue weighted by atomic mass is 10.0. The monoisotopic (exact) mass is 227 g/mol. The van der Waals surface area contributed by atoms with Crippen molar-refractivity contribution in [2.75, 3.05) is 11.4 Å². The Hall–Kier alpha value is -0.870. The number of anilines is 1. The van der Waals surface area contributed by atoms with Gasteiger partial charge in [0.1, 0.15) is 0 Å². The van der Waals surface area contributed by atoms with E-state index < -0.39 is 11.3 Å². The molecule has 1 atom stereocenters. The van der Waals surface area contributed by atoms with Crippen LogP contribution in [0.15, 0.2) is 18.2 Å². The molecule has 84 valence electrons. The minimum Gasteiger partial charge on any atom is -0.289 e. The molecule has 0 aliphatic heterocycles. The Kier molecular flexibility index (Phi) is 3.88. The van der Waals surface area contributed by atoms with E-state index >= 15 is 0 Å². The van der Waals surface area contributed by atoms with Gasteiger partial charge in [0, 0.05) is 7.05 Å². The summed E-state index contributed by atoms with van der Waals surface area (Å²) in [6.45, 7) is 6.20. The fraction of sp³-hybridized carbons (Fsp3) is 0.455. The van der Waals surface area contributed by atoms with Crippen LogP contribution < -0.4 is 4.31 Å². The van der Waals surface area contributed by atoms with Crippen LogP contribution in [0.2, 0.25) is 0 Å². The van der Waals surface area contributed by atoms with Crippen LogP contribution in [-0.4, -0.2) is 15.8 Å². The van der Waals surface area contributed by atoms with Gasteiger partial charge in [-0.1, -0.05) is 19.9 Å². The van der Waals surface area contributed by atoms with Crippen molar-refractivity contribution in [1.29, 1.82) is 0 Å². The van der Waals surface area contributed by atoms with Crippen LogP contribution in [0.1, 0.15) is 30.9 Å². The summed E-state index contributed by atoms with van der Waals surface area (Å²) in [6, 6.07) is 5.95. The summed E-state index contributed by atoms with van der Waals surface area (Å²) in [7, 11) is 1.61. The summed E-state index contributed by atoms with van der Waals surface area (Å²) >= 11 is -1.96. The first kappa shape index (κ1) is 12.2. The van der Waals surface area contributed by atoms with Gasteiger partial charge in [-0.25, -0.2) is 4.21 Å². The standard InChI is InChI=1S/C11H17NO2S/c1-8(2)10-5-9(3)6-11(7-10)12(4)15(13)14/h5-8H,1-4H3,(H,13,14). The zero-order valence-electron chi connectivity index (χ0n) is 9.52. The molecule has 0 saturated carbocycles. The van der Waals surface area contributed by atoms with Crippen molar-refractivity contribution < 1.29 is 8.76 Å². The van der Waals surface area contributed by atoms with Crippen molar-refractivity contribution >= 4 is 17.0 Å². The van der Waals surface area contributed by atoms with Crippen molar-refractivity contribution in [3.05, 3.63) is 29.3 Å². The second-order valence-electron chi connectivity index (χ2n) is 3.98. The highest BCUT2D eigenvalue weighted by molar-refractivity contribution is 7.80. The predicted molar refractivity (Wildman–Crippen MR) is 64.4 cm³/mol. The molecule has 0 fully saturated rings. The van der Waals surface area contributed by atoms with Gasteiger partial charge in [0.15, 0.2) is 0 Å². The lowest BCUT2D eigenvalue weighted by Crippen LogP contribution is -2.19. The Morgan fingerprint density at radius 1 is 1.33 bits per heavy atom.